The van der Waals surface area contributed by atoms with Crippen molar-refractivity contribution in [2.75, 3.05) is 4.90 Å². The topological polar surface area (TPSA) is 50.3 Å². The van der Waals surface area contributed by atoms with E-state index in [0.717, 1.165) is 45.9 Å². The first-order valence-corrected chi connectivity index (χ1v) is 19.8. The van der Waals surface area contributed by atoms with Gasteiger partial charge in [0.05, 0.1) is 11.6 Å². The molecule has 0 fully saturated rings. The van der Waals surface area contributed by atoms with Crippen LogP contribution >= 0.6 is 11.3 Å². The van der Waals surface area contributed by atoms with E-state index >= 15 is 0 Å². The maximum atomic E-state index is 11.2. The minimum Gasteiger partial charge on any atom is -0.303 e. The second kappa shape index (κ2) is 24.8. The minimum absolute atomic E-state index is 0.278. The lowest BCUT2D eigenvalue weighted by atomic mass is 9.86. The number of aldehydes is 2. The van der Waals surface area contributed by atoms with Crippen molar-refractivity contribution in [3.05, 3.63) is 130 Å². The third-order valence-electron chi connectivity index (χ3n) is 8.20. The Morgan fingerprint density at radius 1 is 0.788 bits per heavy atom. The van der Waals surface area contributed by atoms with Crippen LogP contribution in [-0.2, 0) is 21.4 Å². The first-order valence-electron chi connectivity index (χ1n) is 19.0. The van der Waals surface area contributed by atoms with E-state index in [9.17, 15) is 9.59 Å². The quantitative estimate of drug-likeness (QED) is 0.0980. The molecule has 2 heterocycles. The lowest BCUT2D eigenvalue weighted by Crippen LogP contribution is -2.19. The van der Waals surface area contributed by atoms with Crippen LogP contribution in [-0.4, -0.2) is 17.6 Å². The van der Waals surface area contributed by atoms with Gasteiger partial charge in [-0.3, -0.25) is 4.90 Å². The Balaban J connectivity index is 0.00000131. The first-order chi connectivity index (χ1) is 25.0. The number of hydrogen-bond acceptors (Lipinski definition) is 5. The van der Waals surface area contributed by atoms with Crippen LogP contribution in [0.25, 0.3) is 10.4 Å². The summed E-state index contributed by atoms with van der Waals surface area (Å²) in [5.41, 5.74) is 10.3. The van der Waals surface area contributed by atoms with E-state index in [2.05, 4.69) is 126 Å². The molecule has 1 aliphatic carbocycles. The van der Waals surface area contributed by atoms with Crippen LogP contribution in [0.5, 0.6) is 0 Å². The summed E-state index contributed by atoms with van der Waals surface area (Å²) in [4.78, 5) is 32.0. The number of carbonyl (C=O) groups excluding carboxylic acids is 2. The van der Waals surface area contributed by atoms with Crippen molar-refractivity contribution >= 4 is 41.1 Å². The van der Waals surface area contributed by atoms with Gasteiger partial charge in [-0.05, 0) is 94.6 Å². The first kappa shape index (κ1) is 47.7. The molecule has 0 radical (unpaired) electrons. The van der Waals surface area contributed by atoms with Gasteiger partial charge in [-0.25, -0.2) is 4.98 Å². The number of hydrogen-bond donors (Lipinski definition) is 0. The molecule has 0 amide bonds. The van der Waals surface area contributed by atoms with E-state index in [1.165, 1.54) is 32.7 Å². The zero-order valence-corrected chi connectivity index (χ0v) is 35.7. The van der Waals surface area contributed by atoms with Crippen molar-refractivity contribution in [1.82, 2.24) is 4.98 Å². The summed E-state index contributed by atoms with van der Waals surface area (Å²) < 4.78 is 0. The highest BCUT2D eigenvalue weighted by molar-refractivity contribution is 7.15. The molecule has 0 N–H and O–H groups in total. The molecule has 0 saturated carbocycles. The fourth-order valence-electron chi connectivity index (χ4n) is 5.27. The smallest absolute Gasteiger partial charge is 0.137 e. The van der Waals surface area contributed by atoms with Crippen LogP contribution in [0.2, 0.25) is 0 Å². The van der Waals surface area contributed by atoms with E-state index in [1.807, 2.05) is 74.5 Å². The van der Waals surface area contributed by atoms with Gasteiger partial charge in [0, 0.05) is 32.1 Å². The van der Waals surface area contributed by atoms with Gasteiger partial charge in [-0.15, -0.1) is 11.3 Å². The third kappa shape index (κ3) is 12.4. The third-order valence-corrected chi connectivity index (χ3v) is 9.39. The van der Waals surface area contributed by atoms with E-state index in [-0.39, 0.29) is 5.41 Å². The van der Waals surface area contributed by atoms with Crippen molar-refractivity contribution in [3.8, 4) is 10.4 Å². The maximum absolute atomic E-state index is 11.2. The van der Waals surface area contributed by atoms with Crippen molar-refractivity contribution in [2.24, 2.45) is 5.92 Å². The van der Waals surface area contributed by atoms with Gasteiger partial charge >= 0.3 is 0 Å². The Morgan fingerprint density at radius 2 is 1.27 bits per heavy atom. The molecule has 4 nitrogen and oxygen atoms in total. The molecular weight excluding hydrogens is 657 g/mol. The van der Waals surface area contributed by atoms with Gasteiger partial charge in [-0.1, -0.05) is 135 Å². The SMILES string of the molecule is C=C/C=C(C)\C(C)=C/C.CC.CC.CC.CC.Cc1ccc(N(c2ccc(C)cc2)c2ccc3c(n2)C(C)(C)c2cc(CC(C=O)C=O)sc2-3)cc1. The maximum Gasteiger partial charge on any atom is 0.137 e. The van der Waals surface area contributed by atoms with Gasteiger partial charge in [0.25, 0.3) is 0 Å². The average Bonchev–Trinajstić information content (AvgIpc) is 3.71. The molecule has 52 heavy (non-hydrogen) atoms. The number of nitrogens with zero attached hydrogens (tertiary/aromatic N) is 2. The van der Waals surface area contributed by atoms with Crippen LogP contribution in [0.15, 0.2) is 103 Å². The minimum atomic E-state index is -0.588. The highest BCUT2D eigenvalue weighted by Crippen LogP contribution is 2.52. The summed E-state index contributed by atoms with van der Waals surface area (Å²) in [5.74, 6) is 0.288. The largest absolute Gasteiger partial charge is 0.303 e. The van der Waals surface area contributed by atoms with Gasteiger partial charge in [-0.2, -0.15) is 0 Å². The Kier molecular flexibility index (Phi) is 22.7. The van der Waals surface area contributed by atoms with Crippen LogP contribution in [0.1, 0.15) is 117 Å². The predicted molar refractivity (Wildman–Crippen MR) is 232 cm³/mol. The summed E-state index contributed by atoms with van der Waals surface area (Å²) in [6, 6.07) is 23.4. The molecule has 0 bridgehead atoms. The van der Waals surface area contributed by atoms with Crippen molar-refractivity contribution in [2.45, 2.75) is 116 Å². The summed E-state index contributed by atoms with van der Waals surface area (Å²) in [5, 5.41) is 0. The van der Waals surface area contributed by atoms with Crippen molar-refractivity contribution in [3.63, 3.8) is 0 Å². The molecule has 5 rings (SSSR count). The molecule has 2 aromatic heterocycles. The molecule has 2 aromatic carbocycles. The molecule has 4 aromatic rings. The summed E-state index contributed by atoms with van der Waals surface area (Å²) in [7, 11) is 0. The number of aromatic nitrogens is 1. The number of allylic oxidation sites excluding steroid dienone is 5. The molecule has 0 atom stereocenters. The number of carbonyl (C=O) groups is 2. The van der Waals surface area contributed by atoms with Crippen LogP contribution in [0.4, 0.5) is 17.2 Å². The van der Waals surface area contributed by atoms with Gasteiger partial charge in [0.1, 0.15) is 18.4 Å². The Labute approximate surface area is 321 Å². The fraction of sp³-hybridized carbons (Fsp3) is 0.383. The molecule has 0 aliphatic heterocycles. The molecule has 5 heteroatoms. The van der Waals surface area contributed by atoms with E-state index in [1.54, 1.807) is 11.3 Å². The highest BCUT2D eigenvalue weighted by Gasteiger charge is 2.39. The number of anilines is 3. The van der Waals surface area contributed by atoms with Gasteiger partial charge in [0.15, 0.2) is 0 Å². The number of fused-ring (bicyclic) bond motifs is 3. The lowest BCUT2D eigenvalue weighted by Gasteiger charge is -2.27. The van der Waals surface area contributed by atoms with E-state index < -0.39 is 5.92 Å². The standard InChI is InChI=1S/C30H28N2O2S.C9H14.4C2H6/c1-19-5-9-22(10-6-19)32(23-11-7-20(2)8-12-23)27-14-13-25-28-26(30(3,4)29(25)31-27)16-24(35-28)15-21(17-33)18-34;1-5-7-9(4)8(3)6-2;4*1-2/h5-14,16-18,21H,15H2,1-4H3;5-7H,1H2,2-4H3;4*1-2H3/b;8-6-,9-7-;;;;. The van der Waals surface area contributed by atoms with Crippen LogP contribution in [0.3, 0.4) is 0 Å². The number of thiophene rings is 1. The summed E-state index contributed by atoms with van der Waals surface area (Å²) in [6.45, 7) is 34.4. The molecule has 1 aliphatic rings. The van der Waals surface area contributed by atoms with Gasteiger partial charge in [0.2, 0.25) is 0 Å². The molecule has 0 spiro atoms. The molecular formula is C47H66N2O2S. The number of benzene rings is 2. The molecule has 0 saturated heterocycles. The summed E-state index contributed by atoms with van der Waals surface area (Å²) in [6.07, 6.45) is 7.83. The van der Waals surface area contributed by atoms with Crippen LogP contribution < -0.4 is 4.90 Å². The molecule has 0 unspecified atom stereocenters. The predicted octanol–water partition coefficient (Wildman–Crippen LogP) is 14.3. The van der Waals surface area contributed by atoms with Crippen LogP contribution in [0, 0.1) is 19.8 Å². The zero-order chi connectivity index (χ0) is 40.0. The monoisotopic (exact) mass is 722 g/mol. The summed E-state index contributed by atoms with van der Waals surface area (Å²) >= 11 is 1.66. The van der Waals surface area contributed by atoms with E-state index in [4.69, 9.17) is 4.98 Å². The second-order valence-electron chi connectivity index (χ2n) is 11.8. The highest BCUT2D eigenvalue weighted by atomic mass is 32.1. The second-order valence-corrected chi connectivity index (χ2v) is 13.0. The Morgan fingerprint density at radius 3 is 1.69 bits per heavy atom. The lowest BCUT2D eigenvalue weighted by molar-refractivity contribution is -0.119. The zero-order valence-electron chi connectivity index (χ0n) is 34.8. The average molecular weight is 723 g/mol. The fourth-order valence-corrected chi connectivity index (χ4v) is 6.68. The Bertz CT molecular complexity index is 1650. The number of rotatable bonds is 9. The van der Waals surface area contributed by atoms with E-state index in [0.29, 0.717) is 6.42 Å². The molecule has 282 valence electrons. The van der Waals surface area contributed by atoms with Gasteiger partial charge < -0.3 is 9.59 Å². The normalized spacial score (nSPS) is 11.8. The van der Waals surface area contributed by atoms with Crippen molar-refractivity contribution in [1.29, 1.82) is 0 Å². The Hall–Kier alpha value is -4.35. The number of pyridine rings is 1. The number of aryl methyl sites for hydroxylation is 2. The van der Waals surface area contributed by atoms with Crippen molar-refractivity contribution < 1.29 is 9.59 Å².